The molecule has 2 amide bonds. The van der Waals surface area contributed by atoms with Crippen LogP contribution in [0.2, 0.25) is 0 Å². The summed E-state index contributed by atoms with van der Waals surface area (Å²) in [6.07, 6.45) is 5.06. The number of carbonyl (C=O) groups is 2. The fourth-order valence-corrected chi connectivity index (χ4v) is 4.16. The van der Waals surface area contributed by atoms with E-state index in [1.165, 1.54) is 18.0 Å². The molecule has 30 heavy (non-hydrogen) atoms. The van der Waals surface area contributed by atoms with E-state index in [4.69, 9.17) is 9.15 Å². The van der Waals surface area contributed by atoms with Gasteiger partial charge in [0.25, 0.3) is 5.91 Å². The maximum atomic E-state index is 12.7. The molecule has 0 bridgehead atoms. The van der Waals surface area contributed by atoms with Crippen molar-refractivity contribution in [2.45, 2.75) is 5.16 Å². The van der Waals surface area contributed by atoms with Crippen LogP contribution in [0, 0.1) is 0 Å². The second-order valence-corrected chi connectivity index (χ2v) is 7.66. The van der Waals surface area contributed by atoms with Gasteiger partial charge in [-0.25, -0.2) is 4.98 Å². The standard InChI is InChI=1S/C21H22N4O4S/c1-28-17-5-2-4-16(14-17)25-8-7-22-21(25)30-15-19(26)23-9-11-24(12-10-23)20(27)18-6-3-13-29-18/h2-8,13-14H,9-12,15H2,1H3. The number of methoxy groups -OCH3 is 1. The van der Waals surface area contributed by atoms with Crippen molar-refractivity contribution in [1.82, 2.24) is 19.4 Å². The van der Waals surface area contributed by atoms with Gasteiger partial charge in [0.2, 0.25) is 5.91 Å². The van der Waals surface area contributed by atoms with Crippen molar-refractivity contribution in [3.8, 4) is 11.4 Å². The first-order valence-corrected chi connectivity index (χ1v) is 10.6. The normalized spacial score (nSPS) is 14.0. The number of thioether (sulfide) groups is 1. The second-order valence-electron chi connectivity index (χ2n) is 6.72. The van der Waals surface area contributed by atoms with E-state index in [1.54, 1.807) is 35.2 Å². The summed E-state index contributed by atoms with van der Waals surface area (Å²) in [5.74, 6) is 1.27. The number of benzene rings is 1. The highest BCUT2D eigenvalue weighted by Gasteiger charge is 2.26. The number of ether oxygens (including phenoxy) is 1. The molecular weight excluding hydrogens is 404 g/mol. The molecule has 2 aromatic heterocycles. The predicted molar refractivity (Wildman–Crippen MR) is 112 cm³/mol. The first-order chi connectivity index (χ1) is 14.7. The number of hydrogen-bond donors (Lipinski definition) is 0. The highest BCUT2D eigenvalue weighted by atomic mass is 32.2. The molecule has 9 heteroatoms. The quantitative estimate of drug-likeness (QED) is 0.564. The van der Waals surface area contributed by atoms with Gasteiger partial charge in [0.1, 0.15) is 5.75 Å². The van der Waals surface area contributed by atoms with Gasteiger partial charge in [-0.3, -0.25) is 14.2 Å². The number of imidazole rings is 1. The third kappa shape index (κ3) is 4.35. The summed E-state index contributed by atoms with van der Waals surface area (Å²) in [6, 6.07) is 11.0. The van der Waals surface area contributed by atoms with Crippen LogP contribution in [0.1, 0.15) is 10.6 Å². The van der Waals surface area contributed by atoms with Gasteiger partial charge in [0.15, 0.2) is 10.9 Å². The Morgan fingerprint density at radius 3 is 2.67 bits per heavy atom. The lowest BCUT2D eigenvalue weighted by atomic mass is 10.3. The SMILES string of the molecule is COc1cccc(-n2ccnc2SCC(=O)N2CCN(C(=O)c3ccco3)CC2)c1. The van der Waals surface area contributed by atoms with E-state index in [0.717, 1.165) is 16.6 Å². The van der Waals surface area contributed by atoms with Gasteiger partial charge in [-0.15, -0.1) is 0 Å². The minimum atomic E-state index is -0.137. The molecule has 0 saturated carbocycles. The van der Waals surface area contributed by atoms with Crippen LogP contribution in [-0.4, -0.2) is 70.2 Å². The minimum absolute atomic E-state index is 0.0327. The zero-order chi connectivity index (χ0) is 20.9. The van der Waals surface area contributed by atoms with Gasteiger partial charge >= 0.3 is 0 Å². The molecule has 3 aromatic rings. The first kappa shape index (κ1) is 20.1. The molecule has 4 rings (SSSR count). The second kappa shape index (κ2) is 9.08. The maximum Gasteiger partial charge on any atom is 0.289 e. The van der Waals surface area contributed by atoms with Crippen LogP contribution in [0.25, 0.3) is 5.69 Å². The number of rotatable bonds is 6. The molecule has 0 atom stereocenters. The summed E-state index contributed by atoms with van der Waals surface area (Å²) in [7, 11) is 1.63. The van der Waals surface area contributed by atoms with E-state index in [2.05, 4.69) is 4.98 Å². The Hall–Kier alpha value is -3.20. The number of furan rings is 1. The van der Waals surface area contributed by atoms with E-state index >= 15 is 0 Å². The number of hydrogen-bond acceptors (Lipinski definition) is 6. The third-order valence-electron chi connectivity index (χ3n) is 4.91. The maximum absolute atomic E-state index is 12.7. The minimum Gasteiger partial charge on any atom is -0.497 e. The summed E-state index contributed by atoms with van der Waals surface area (Å²) >= 11 is 1.39. The first-order valence-electron chi connectivity index (χ1n) is 9.57. The molecule has 8 nitrogen and oxygen atoms in total. The van der Waals surface area contributed by atoms with Crippen molar-refractivity contribution < 1.29 is 18.7 Å². The molecule has 1 saturated heterocycles. The number of nitrogens with zero attached hydrogens (tertiary/aromatic N) is 4. The molecule has 0 aliphatic carbocycles. The monoisotopic (exact) mass is 426 g/mol. The third-order valence-corrected chi connectivity index (χ3v) is 5.87. The zero-order valence-electron chi connectivity index (χ0n) is 16.6. The van der Waals surface area contributed by atoms with Gasteiger partial charge in [0.05, 0.1) is 24.8 Å². The number of aromatic nitrogens is 2. The van der Waals surface area contributed by atoms with Crippen molar-refractivity contribution >= 4 is 23.6 Å². The predicted octanol–water partition coefficient (Wildman–Crippen LogP) is 2.55. The summed E-state index contributed by atoms with van der Waals surface area (Å²) in [5.41, 5.74) is 0.923. The van der Waals surface area contributed by atoms with E-state index in [9.17, 15) is 9.59 Å². The molecule has 1 aliphatic heterocycles. The summed E-state index contributed by atoms with van der Waals surface area (Å²) < 4.78 is 12.4. The molecule has 0 unspecified atom stereocenters. The summed E-state index contributed by atoms with van der Waals surface area (Å²) in [6.45, 7) is 2.01. The molecule has 1 aliphatic rings. The average molecular weight is 426 g/mol. The lowest BCUT2D eigenvalue weighted by Gasteiger charge is -2.34. The van der Waals surface area contributed by atoms with Crippen LogP contribution < -0.4 is 4.74 Å². The lowest BCUT2D eigenvalue weighted by molar-refractivity contribution is -0.129. The fourth-order valence-electron chi connectivity index (χ4n) is 3.29. The molecule has 3 heterocycles. The van der Waals surface area contributed by atoms with Crippen LogP contribution in [0.15, 0.2) is 64.6 Å². The average Bonchev–Trinajstić information content (AvgIpc) is 3.49. The van der Waals surface area contributed by atoms with Crippen LogP contribution in [0.3, 0.4) is 0 Å². The van der Waals surface area contributed by atoms with Crippen molar-refractivity contribution in [2.24, 2.45) is 0 Å². The van der Waals surface area contributed by atoms with Gasteiger partial charge < -0.3 is 19.0 Å². The van der Waals surface area contributed by atoms with Crippen LogP contribution in [-0.2, 0) is 4.79 Å². The zero-order valence-corrected chi connectivity index (χ0v) is 17.4. The smallest absolute Gasteiger partial charge is 0.289 e. The van der Waals surface area contributed by atoms with Gasteiger partial charge in [-0.05, 0) is 24.3 Å². The molecule has 0 spiro atoms. The Kier molecular flexibility index (Phi) is 6.08. The molecule has 156 valence electrons. The Bertz CT molecular complexity index is 1010. The van der Waals surface area contributed by atoms with Crippen molar-refractivity contribution in [3.05, 3.63) is 60.8 Å². The Labute approximate surface area is 178 Å². The molecule has 0 N–H and O–H groups in total. The van der Waals surface area contributed by atoms with Crippen LogP contribution >= 0.6 is 11.8 Å². The molecule has 1 aromatic carbocycles. The molecular formula is C21H22N4O4S. The highest BCUT2D eigenvalue weighted by molar-refractivity contribution is 7.99. The molecule has 0 radical (unpaired) electrons. The van der Waals surface area contributed by atoms with Gasteiger partial charge in [-0.1, -0.05) is 17.8 Å². The Morgan fingerprint density at radius 1 is 1.13 bits per heavy atom. The van der Waals surface area contributed by atoms with Gasteiger partial charge in [-0.2, -0.15) is 0 Å². The van der Waals surface area contributed by atoms with Crippen molar-refractivity contribution in [1.29, 1.82) is 0 Å². The largest absolute Gasteiger partial charge is 0.497 e. The number of carbonyl (C=O) groups excluding carboxylic acids is 2. The van der Waals surface area contributed by atoms with E-state index in [1.807, 2.05) is 35.0 Å². The molecule has 1 fully saturated rings. The Morgan fingerprint density at radius 2 is 1.93 bits per heavy atom. The number of piperazine rings is 1. The van der Waals surface area contributed by atoms with Crippen LogP contribution in [0.4, 0.5) is 0 Å². The van der Waals surface area contributed by atoms with Gasteiger partial charge in [0, 0.05) is 44.6 Å². The van der Waals surface area contributed by atoms with E-state index in [-0.39, 0.29) is 17.6 Å². The fraction of sp³-hybridized carbons (Fsp3) is 0.286. The Balaban J connectivity index is 1.32. The van der Waals surface area contributed by atoms with Crippen molar-refractivity contribution in [3.63, 3.8) is 0 Å². The van der Waals surface area contributed by atoms with Crippen molar-refractivity contribution in [2.75, 3.05) is 39.0 Å². The van der Waals surface area contributed by atoms with E-state index < -0.39 is 0 Å². The van der Waals surface area contributed by atoms with E-state index in [0.29, 0.717) is 31.9 Å². The summed E-state index contributed by atoms with van der Waals surface area (Å²) in [4.78, 5) is 32.9. The highest BCUT2D eigenvalue weighted by Crippen LogP contribution is 2.23. The lowest BCUT2D eigenvalue weighted by Crippen LogP contribution is -2.51. The number of amides is 2. The topological polar surface area (TPSA) is 80.8 Å². The van der Waals surface area contributed by atoms with Crippen LogP contribution in [0.5, 0.6) is 5.75 Å². The summed E-state index contributed by atoms with van der Waals surface area (Å²) in [5, 5.41) is 0.739.